The van der Waals surface area contributed by atoms with Gasteiger partial charge >= 0.3 is 0 Å². The first-order valence-corrected chi connectivity index (χ1v) is 9.51. The molecule has 2 rings (SSSR count). The Morgan fingerprint density at radius 1 is 1.03 bits per heavy atom. The molecule has 0 saturated heterocycles. The summed E-state index contributed by atoms with van der Waals surface area (Å²) in [7, 11) is 0. The number of halogens is 2. The summed E-state index contributed by atoms with van der Waals surface area (Å²) in [5, 5.41) is 7.40. The first-order valence-electron chi connectivity index (χ1n) is 8.75. The van der Waals surface area contributed by atoms with Crippen LogP contribution < -0.4 is 20.2 Å². The average Bonchev–Trinajstić information content (AvgIpc) is 2.66. The minimum atomic E-state index is -0.441. The molecule has 154 valence electrons. The van der Waals surface area contributed by atoms with Gasteiger partial charge in [-0.2, -0.15) is 5.10 Å². The second-order valence-corrected chi connectivity index (χ2v) is 7.08. The van der Waals surface area contributed by atoms with Crippen molar-refractivity contribution in [2.45, 2.75) is 19.9 Å². The van der Waals surface area contributed by atoms with Crippen LogP contribution in [0.3, 0.4) is 0 Å². The zero-order valence-corrected chi connectivity index (χ0v) is 17.5. The normalized spacial score (nSPS) is 10.8. The SMILES string of the molecule is CC(C)NC(=O)COc1ccc(/C=N\NC(=O)COc2ccc(Cl)cc2Cl)cc1. The average molecular weight is 438 g/mol. The number of hydrogen-bond donors (Lipinski definition) is 2. The third-order valence-electron chi connectivity index (χ3n) is 3.36. The second-order valence-electron chi connectivity index (χ2n) is 6.24. The van der Waals surface area contributed by atoms with E-state index in [4.69, 9.17) is 32.7 Å². The van der Waals surface area contributed by atoms with Crippen molar-refractivity contribution >= 4 is 41.2 Å². The molecular weight excluding hydrogens is 417 g/mol. The Bertz CT molecular complexity index is 871. The maximum atomic E-state index is 11.8. The van der Waals surface area contributed by atoms with Crippen molar-refractivity contribution in [1.29, 1.82) is 0 Å². The molecule has 0 heterocycles. The highest BCUT2D eigenvalue weighted by atomic mass is 35.5. The lowest BCUT2D eigenvalue weighted by Gasteiger charge is -2.09. The van der Waals surface area contributed by atoms with Gasteiger partial charge in [0, 0.05) is 11.1 Å². The summed E-state index contributed by atoms with van der Waals surface area (Å²) in [6.07, 6.45) is 1.47. The predicted molar refractivity (Wildman–Crippen MR) is 113 cm³/mol. The van der Waals surface area contributed by atoms with Crippen LogP contribution in [0.4, 0.5) is 0 Å². The van der Waals surface area contributed by atoms with Crippen molar-refractivity contribution in [3.63, 3.8) is 0 Å². The summed E-state index contributed by atoms with van der Waals surface area (Å²) in [6.45, 7) is 3.46. The standard InChI is InChI=1S/C20H21Cl2N3O4/c1-13(2)24-19(26)11-28-16-6-3-14(4-7-16)10-23-25-20(27)12-29-18-8-5-15(21)9-17(18)22/h3-10,13H,11-12H2,1-2H3,(H,24,26)(H,25,27)/b23-10-. The van der Waals surface area contributed by atoms with Crippen LogP contribution >= 0.6 is 23.2 Å². The fourth-order valence-electron chi connectivity index (χ4n) is 2.11. The summed E-state index contributed by atoms with van der Waals surface area (Å²) < 4.78 is 10.7. The summed E-state index contributed by atoms with van der Waals surface area (Å²) in [5.41, 5.74) is 3.10. The Morgan fingerprint density at radius 2 is 1.72 bits per heavy atom. The number of nitrogens with zero attached hydrogens (tertiary/aromatic N) is 1. The van der Waals surface area contributed by atoms with Gasteiger partial charge in [-0.25, -0.2) is 5.43 Å². The van der Waals surface area contributed by atoms with E-state index in [9.17, 15) is 9.59 Å². The molecule has 0 fully saturated rings. The zero-order chi connectivity index (χ0) is 21.2. The van der Waals surface area contributed by atoms with Crippen molar-refractivity contribution in [2.75, 3.05) is 13.2 Å². The molecule has 0 aliphatic carbocycles. The topological polar surface area (TPSA) is 89.0 Å². The lowest BCUT2D eigenvalue weighted by Crippen LogP contribution is -2.34. The van der Waals surface area contributed by atoms with Gasteiger partial charge in [-0.1, -0.05) is 23.2 Å². The fourth-order valence-corrected chi connectivity index (χ4v) is 2.57. The zero-order valence-electron chi connectivity index (χ0n) is 15.9. The Hall–Kier alpha value is -2.77. The van der Waals surface area contributed by atoms with E-state index in [1.165, 1.54) is 12.3 Å². The first-order chi connectivity index (χ1) is 13.8. The van der Waals surface area contributed by atoms with Gasteiger partial charge in [0.1, 0.15) is 11.5 Å². The molecule has 0 aliphatic rings. The monoisotopic (exact) mass is 437 g/mol. The van der Waals surface area contributed by atoms with E-state index in [1.54, 1.807) is 36.4 Å². The lowest BCUT2D eigenvalue weighted by molar-refractivity contribution is -0.124. The van der Waals surface area contributed by atoms with Crippen molar-refractivity contribution in [3.8, 4) is 11.5 Å². The number of ether oxygens (including phenoxy) is 2. The molecule has 0 saturated carbocycles. The molecule has 2 aromatic carbocycles. The molecule has 0 aliphatic heterocycles. The third-order valence-corrected chi connectivity index (χ3v) is 3.89. The van der Waals surface area contributed by atoms with Gasteiger partial charge < -0.3 is 14.8 Å². The molecule has 0 spiro atoms. The molecule has 2 N–H and O–H groups in total. The molecule has 0 atom stereocenters. The predicted octanol–water partition coefficient (Wildman–Crippen LogP) is 3.43. The highest BCUT2D eigenvalue weighted by molar-refractivity contribution is 6.35. The highest BCUT2D eigenvalue weighted by Crippen LogP contribution is 2.27. The van der Waals surface area contributed by atoms with Crippen molar-refractivity contribution in [2.24, 2.45) is 5.10 Å². The maximum Gasteiger partial charge on any atom is 0.277 e. The van der Waals surface area contributed by atoms with Gasteiger partial charge in [-0.15, -0.1) is 0 Å². The van der Waals surface area contributed by atoms with E-state index in [0.717, 1.165) is 5.56 Å². The summed E-state index contributed by atoms with van der Waals surface area (Å²) in [4.78, 5) is 23.3. The van der Waals surface area contributed by atoms with E-state index >= 15 is 0 Å². The summed E-state index contributed by atoms with van der Waals surface area (Å²) >= 11 is 11.8. The number of benzene rings is 2. The third kappa shape index (κ3) is 8.41. The van der Waals surface area contributed by atoms with Gasteiger partial charge in [-0.05, 0) is 61.9 Å². The molecule has 2 amide bonds. The van der Waals surface area contributed by atoms with Gasteiger partial charge in [0.25, 0.3) is 11.8 Å². The fraction of sp³-hybridized carbons (Fsp3) is 0.250. The minimum absolute atomic E-state index is 0.0562. The lowest BCUT2D eigenvalue weighted by atomic mass is 10.2. The Kier molecular flexibility index (Phi) is 8.76. The van der Waals surface area contributed by atoms with E-state index < -0.39 is 5.91 Å². The molecule has 0 radical (unpaired) electrons. The molecule has 9 heteroatoms. The van der Waals surface area contributed by atoms with Crippen molar-refractivity contribution in [3.05, 3.63) is 58.1 Å². The van der Waals surface area contributed by atoms with Crippen LogP contribution in [0.1, 0.15) is 19.4 Å². The number of amides is 2. The van der Waals surface area contributed by atoms with Gasteiger partial charge in [-0.3, -0.25) is 9.59 Å². The number of carbonyl (C=O) groups is 2. The van der Waals surface area contributed by atoms with Crippen LogP contribution in [0, 0.1) is 0 Å². The van der Waals surface area contributed by atoms with Gasteiger partial charge in [0.2, 0.25) is 0 Å². The minimum Gasteiger partial charge on any atom is -0.484 e. The summed E-state index contributed by atoms with van der Waals surface area (Å²) in [5.74, 6) is 0.282. The number of rotatable bonds is 9. The van der Waals surface area contributed by atoms with Crippen LogP contribution in [0.2, 0.25) is 10.0 Å². The number of nitrogens with one attached hydrogen (secondary N) is 2. The Balaban J connectivity index is 1.75. The van der Waals surface area contributed by atoms with Gasteiger partial charge in [0.05, 0.1) is 11.2 Å². The molecule has 29 heavy (non-hydrogen) atoms. The van der Waals surface area contributed by atoms with Crippen LogP contribution in [0.5, 0.6) is 11.5 Å². The molecule has 7 nitrogen and oxygen atoms in total. The number of hydrogen-bond acceptors (Lipinski definition) is 5. The van der Waals surface area contributed by atoms with Crippen LogP contribution in [0.25, 0.3) is 0 Å². The molecular formula is C20H21Cl2N3O4. The quantitative estimate of drug-likeness (QED) is 0.464. The molecule has 0 unspecified atom stereocenters. The number of carbonyl (C=O) groups excluding carboxylic acids is 2. The van der Waals surface area contributed by atoms with E-state index in [2.05, 4.69) is 15.8 Å². The first kappa shape index (κ1) is 22.5. The van der Waals surface area contributed by atoms with Crippen LogP contribution in [0.15, 0.2) is 47.6 Å². The van der Waals surface area contributed by atoms with Crippen molar-refractivity contribution < 1.29 is 19.1 Å². The Morgan fingerprint density at radius 3 is 2.38 bits per heavy atom. The molecule has 0 aromatic heterocycles. The Labute approximate surface area is 179 Å². The van der Waals surface area contributed by atoms with E-state index in [0.29, 0.717) is 21.5 Å². The largest absolute Gasteiger partial charge is 0.484 e. The highest BCUT2D eigenvalue weighted by Gasteiger charge is 2.06. The van der Waals surface area contributed by atoms with Crippen LogP contribution in [-0.2, 0) is 9.59 Å². The van der Waals surface area contributed by atoms with Gasteiger partial charge in [0.15, 0.2) is 13.2 Å². The van der Waals surface area contributed by atoms with Crippen LogP contribution in [-0.4, -0.2) is 37.3 Å². The van der Waals surface area contributed by atoms with Crippen molar-refractivity contribution in [1.82, 2.24) is 10.7 Å². The smallest absolute Gasteiger partial charge is 0.277 e. The molecule has 0 bridgehead atoms. The second kappa shape index (κ2) is 11.3. The number of hydrazone groups is 1. The molecule has 2 aromatic rings. The van der Waals surface area contributed by atoms with E-state index in [1.807, 2.05) is 13.8 Å². The summed E-state index contributed by atoms with van der Waals surface area (Å²) in [6, 6.07) is 11.7. The van der Waals surface area contributed by atoms with E-state index in [-0.39, 0.29) is 25.2 Å². The maximum absolute atomic E-state index is 11.8.